The van der Waals surface area contributed by atoms with E-state index in [-0.39, 0.29) is 19.1 Å². The second-order valence-corrected chi connectivity index (χ2v) is 6.21. The van der Waals surface area contributed by atoms with Gasteiger partial charge in [0.05, 0.1) is 0 Å². The molecule has 0 aromatic heterocycles. The Morgan fingerprint density at radius 1 is 1.26 bits per heavy atom. The fourth-order valence-electron chi connectivity index (χ4n) is 2.09. The van der Waals surface area contributed by atoms with Crippen LogP contribution in [0.2, 0.25) is 0 Å². The SMILES string of the molecule is CNC1CCN(S(=O)(=O)c2c(F)cc(F)cc2F)C1. The molecule has 0 radical (unpaired) electrons. The molecular formula is C11H13F3N2O2S. The van der Waals surface area contributed by atoms with Crippen LogP contribution in [0, 0.1) is 17.5 Å². The summed E-state index contributed by atoms with van der Waals surface area (Å²) in [5.74, 6) is -3.97. The first-order valence-corrected chi connectivity index (χ1v) is 7.12. The summed E-state index contributed by atoms with van der Waals surface area (Å²) >= 11 is 0. The Kier molecular flexibility index (Phi) is 3.84. The van der Waals surface area contributed by atoms with E-state index in [1.54, 1.807) is 7.05 Å². The molecule has 1 aliphatic rings. The third-order valence-electron chi connectivity index (χ3n) is 3.12. The van der Waals surface area contributed by atoms with Gasteiger partial charge in [0.1, 0.15) is 17.5 Å². The van der Waals surface area contributed by atoms with Gasteiger partial charge in [0, 0.05) is 31.3 Å². The Labute approximate surface area is 109 Å². The highest BCUT2D eigenvalue weighted by atomic mass is 32.2. The Bertz CT molecular complexity index is 569. The van der Waals surface area contributed by atoms with Gasteiger partial charge in [0.2, 0.25) is 10.0 Å². The van der Waals surface area contributed by atoms with Crippen LogP contribution in [0.15, 0.2) is 17.0 Å². The van der Waals surface area contributed by atoms with Crippen molar-refractivity contribution in [1.29, 1.82) is 0 Å². The van der Waals surface area contributed by atoms with E-state index in [0.717, 1.165) is 4.31 Å². The van der Waals surface area contributed by atoms with Crippen LogP contribution in [-0.2, 0) is 10.0 Å². The second-order valence-electron chi connectivity index (χ2n) is 4.34. The van der Waals surface area contributed by atoms with Gasteiger partial charge < -0.3 is 5.32 Å². The van der Waals surface area contributed by atoms with Gasteiger partial charge in [-0.2, -0.15) is 4.31 Å². The lowest BCUT2D eigenvalue weighted by Crippen LogP contribution is -2.34. The zero-order valence-corrected chi connectivity index (χ0v) is 11.0. The second kappa shape index (κ2) is 5.10. The summed E-state index contributed by atoms with van der Waals surface area (Å²) in [6, 6.07) is 0.671. The van der Waals surface area contributed by atoms with E-state index in [1.165, 1.54) is 0 Å². The third kappa shape index (κ3) is 2.60. The Hall–Kier alpha value is -1.12. The van der Waals surface area contributed by atoms with Crippen molar-refractivity contribution in [2.24, 2.45) is 0 Å². The number of nitrogens with one attached hydrogen (secondary N) is 1. The summed E-state index contributed by atoms with van der Waals surface area (Å²) in [6.45, 7) is 0.305. The monoisotopic (exact) mass is 294 g/mol. The summed E-state index contributed by atoms with van der Waals surface area (Å²) in [5, 5.41) is 2.90. The van der Waals surface area contributed by atoms with Crippen molar-refractivity contribution in [3.05, 3.63) is 29.6 Å². The maximum Gasteiger partial charge on any atom is 0.248 e. The molecule has 2 rings (SSSR count). The van der Waals surface area contributed by atoms with Gasteiger partial charge in [0.15, 0.2) is 4.90 Å². The summed E-state index contributed by atoms with van der Waals surface area (Å²) in [6.07, 6.45) is 0.556. The van der Waals surface area contributed by atoms with E-state index >= 15 is 0 Å². The number of rotatable bonds is 3. The van der Waals surface area contributed by atoms with Crippen molar-refractivity contribution in [3.63, 3.8) is 0 Å². The lowest BCUT2D eigenvalue weighted by atomic mass is 10.3. The molecule has 0 amide bonds. The smallest absolute Gasteiger partial charge is 0.248 e. The molecule has 0 saturated carbocycles. The van der Waals surface area contributed by atoms with Crippen molar-refractivity contribution >= 4 is 10.0 Å². The highest BCUT2D eigenvalue weighted by Crippen LogP contribution is 2.26. The minimum Gasteiger partial charge on any atom is -0.316 e. The molecule has 0 aliphatic carbocycles. The van der Waals surface area contributed by atoms with Crippen molar-refractivity contribution in [1.82, 2.24) is 9.62 Å². The fraction of sp³-hybridized carbons (Fsp3) is 0.455. The van der Waals surface area contributed by atoms with Gasteiger partial charge in [-0.25, -0.2) is 21.6 Å². The van der Waals surface area contributed by atoms with Crippen LogP contribution in [0.3, 0.4) is 0 Å². The lowest BCUT2D eigenvalue weighted by Gasteiger charge is -2.17. The van der Waals surface area contributed by atoms with Gasteiger partial charge in [-0.05, 0) is 13.5 Å². The summed E-state index contributed by atoms with van der Waals surface area (Å²) < 4.78 is 65.2. The molecule has 1 aromatic carbocycles. The van der Waals surface area contributed by atoms with Crippen molar-refractivity contribution in [3.8, 4) is 0 Å². The first-order valence-electron chi connectivity index (χ1n) is 5.68. The number of halogens is 3. The van der Waals surface area contributed by atoms with Crippen LogP contribution in [0.4, 0.5) is 13.2 Å². The molecule has 0 bridgehead atoms. The van der Waals surface area contributed by atoms with E-state index in [1.807, 2.05) is 0 Å². The maximum absolute atomic E-state index is 13.5. The molecule has 19 heavy (non-hydrogen) atoms. The maximum atomic E-state index is 13.5. The van der Waals surface area contributed by atoms with E-state index in [9.17, 15) is 21.6 Å². The summed E-state index contributed by atoms with van der Waals surface area (Å²) in [7, 11) is -2.60. The molecule has 1 heterocycles. The standard InChI is InChI=1S/C11H13F3N2O2S/c1-15-8-2-3-16(6-8)19(17,18)11-9(13)4-7(12)5-10(11)14/h4-5,8,15H,2-3,6H2,1H3. The van der Waals surface area contributed by atoms with Crippen LogP contribution >= 0.6 is 0 Å². The molecule has 1 atom stereocenters. The van der Waals surface area contributed by atoms with Crippen LogP contribution in [0.5, 0.6) is 0 Å². The van der Waals surface area contributed by atoms with E-state index in [2.05, 4.69) is 5.32 Å². The number of hydrogen-bond donors (Lipinski definition) is 1. The molecule has 1 aromatic rings. The normalized spacial score (nSPS) is 20.9. The molecule has 1 unspecified atom stereocenters. The first-order chi connectivity index (χ1) is 8.86. The first kappa shape index (κ1) is 14.3. The highest BCUT2D eigenvalue weighted by molar-refractivity contribution is 7.89. The Morgan fingerprint density at radius 3 is 2.32 bits per heavy atom. The predicted molar refractivity (Wildman–Crippen MR) is 62.5 cm³/mol. The molecule has 8 heteroatoms. The minimum atomic E-state index is -4.28. The number of nitrogens with zero attached hydrogens (tertiary/aromatic N) is 1. The minimum absolute atomic E-state index is 0.0543. The predicted octanol–water partition coefficient (Wildman–Crippen LogP) is 1.09. The summed E-state index contributed by atoms with van der Waals surface area (Å²) in [5.41, 5.74) is 0. The van der Waals surface area contributed by atoms with Crippen molar-refractivity contribution < 1.29 is 21.6 Å². The van der Waals surface area contributed by atoms with E-state index in [0.29, 0.717) is 18.6 Å². The summed E-state index contributed by atoms with van der Waals surface area (Å²) in [4.78, 5) is -1.09. The van der Waals surface area contributed by atoms with Gasteiger partial charge in [-0.3, -0.25) is 0 Å². The zero-order chi connectivity index (χ0) is 14.2. The van der Waals surface area contributed by atoms with E-state index < -0.39 is 32.4 Å². The van der Waals surface area contributed by atoms with Crippen molar-refractivity contribution in [2.75, 3.05) is 20.1 Å². The fourth-order valence-corrected chi connectivity index (χ4v) is 3.68. The molecule has 106 valence electrons. The van der Waals surface area contributed by atoms with Crippen LogP contribution < -0.4 is 5.32 Å². The molecule has 1 saturated heterocycles. The van der Waals surface area contributed by atoms with Crippen LogP contribution in [0.1, 0.15) is 6.42 Å². The number of hydrogen-bond acceptors (Lipinski definition) is 3. The third-order valence-corrected chi connectivity index (χ3v) is 5.04. The Morgan fingerprint density at radius 2 is 1.84 bits per heavy atom. The molecule has 1 fully saturated rings. The largest absolute Gasteiger partial charge is 0.316 e. The number of likely N-dealkylation sites (N-methyl/N-ethyl adjacent to an activating group) is 1. The topological polar surface area (TPSA) is 49.4 Å². The molecule has 1 N–H and O–H groups in total. The highest BCUT2D eigenvalue weighted by Gasteiger charge is 2.35. The molecular weight excluding hydrogens is 281 g/mol. The zero-order valence-electron chi connectivity index (χ0n) is 10.2. The average Bonchev–Trinajstić information content (AvgIpc) is 2.75. The molecule has 0 spiro atoms. The van der Waals surface area contributed by atoms with Gasteiger partial charge in [0.25, 0.3) is 0 Å². The number of sulfonamides is 1. The van der Waals surface area contributed by atoms with Gasteiger partial charge >= 0.3 is 0 Å². The lowest BCUT2D eigenvalue weighted by molar-refractivity contribution is 0.443. The average molecular weight is 294 g/mol. The van der Waals surface area contributed by atoms with Gasteiger partial charge in [-0.1, -0.05) is 0 Å². The van der Waals surface area contributed by atoms with E-state index in [4.69, 9.17) is 0 Å². The quantitative estimate of drug-likeness (QED) is 0.908. The number of benzene rings is 1. The van der Waals surface area contributed by atoms with Crippen LogP contribution in [-0.4, -0.2) is 38.9 Å². The molecule has 1 aliphatic heterocycles. The Balaban J connectivity index is 2.41. The molecule has 4 nitrogen and oxygen atoms in total. The van der Waals surface area contributed by atoms with Crippen LogP contribution in [0.25, 0.3) is 0 Å². The van der Waals surface area contributed by atoms with Crippen molar-refractivity contribution in [2.45, 2.75) is 17.4 Å². The van der Waals surface area contributed by atoms with Gasteiger partial charge in [-0.15, -0.1) is 0 Å².